The number of hydrogen-bond acceptors (Lipinski definition) is 3. The smallest absolute Gasteiger partial charge is 0.268 e. The van der Waals surface area contributed by atoms with Gasteiger partial charge in [-0.3, -0.25) is 9.59 Å². The molecule has 1 aromatic carbocycles. The second kappa shape index (κ2) is 5.63. The van der Waals surface area contributed by atoms with Gasteiger partial charge in [0.2, 0.25) is 0 Å². The first-order valence-electron chi connectivity index (χ1n) is 8.05. The summed E-state index contributed by atoms with van der Waals surface area (Å²) in [5, 5.41) is 2.89. The number of hydrogen-bond donors (Lipinski definition) is 1. The van der Waals surface area contributed by atoms with Gasteiger partial charge >= 0.3 is 0 Å². The summed E-state index contributed by atoms with van der Waals surface area (Å²) in [5.41, 5.74) is 2.20. The standard InChI is InChI=1S/C18H18N4O2/c1-21-15(7-4-8-17(21)23)18(24)19-11-16-20-13-5-2-3-6-14(13)22(16)12-9-10-12/h2-8,12H,9-11H2,1H3,(H,19,24). The first-order valence-corrected chi connectivity index (χ1v) is 8.05. The fourth-order valence-electron chi connectivity index (χ4n) is 3.00. The summed E-state index contributed by atoms with van der Waals surface area (Å²) in [6.45, 7) is 0.340. The van der Waals surface area contributed by atoms with Crippen LogP contribution in [0.4, 0.5) is 0 Å². The van der Waals surface area contributed by atoms with Crippen molar-refractivity contribution >= 4 is 16.9 Å². The summed E-state index contributed by atoms with van der Waals surface area (Å²) < 4.78 is 3.57. The minimum absolute atomic E-state index is 0.201. The Hall–Kier alpha value is -2.89. The summed E-state index contributed by atoms with van der Waals surface area (Å²) in [5.74, 6) is 0.581. The van der Waals surface area contributed by atoms with E-state index in [1.54, 1.807) is 19.2 Å². The zero-order valence-corrected chi connectivity index (χ0v) is 13.4. The third-order valence-corrected chi connectivity index (χ3v) is 4.41. The Kier molecular flexibility index (Phi) is 3.45. The van der Waals surface area contributed by atoms with Crippen LogP contribution in [0.25, 0.3) is 11.0 Å². The predicted octanol–water partition coefficient (Wildman–Crippen LogP) is 2.00. The van der Waals surface area contributed by atoms with Crippen molar-refractivity contribution in [3.63, 3.8) is 0 Å². The second-order valence-corrected chi connectivity index (χ2v) is 6.11. The van der Waals surface area contributed by atoms with Crippen LogP contribution in [0.3, 0.4) is 0 Å². The average molecular weight is 322 g/mol. The van der Waals surface area contributed by atoms with Gasteiger partial charge in [0.1, 0.15) is 11.5 Å². The van der Waals surface area contributed by atoms with Crippen molar-refractivity contribution in [1.82, 2.24) is 19.4 Å². The molecule has 3 aromatic rings. The Labute approximate surface area is 138 Å². The monoisotopic (exact) mass is 322 g/mol. The third kappa shape index (κ3) is 2.50. The van der Waals surface area contributed by atoms with Gasteiger partial charge in [0.05, 0.1) is 17.6 Å². The molecule has 4 rings (SSSR count). The molecule has 0 atom stereocenters. The SMILES string of the molecule is Cn1c(C(=O)NCc2nc3ccccc3n2C2CC2)cccc1=O. The highest BCUT2D eigenvalue weighted by atomic mass is 16.2. The number of nitrogens with zero attached hydrogens (tertiary/aromatic N) is 3. The summed E-state index contributed by atoms with van der Waals surface area (Å²) in [4.78, 5) is 28.7. The van der Waals surface area contributed by atoms with Crippen molar-refractivity contribution in [3.8, 4) is 0 Å². The second-order valence-electron chi connectivity index (χ2n) is 6.11. The van der Waals surface area contributed by atoms with Crippen molar-refractivity contribution in [2.24, 2.45) is 7.05 Å². The molecule has 6 heteroatoms. The molecule has 6 nitrogen and oxygen atoms in total. The minimum Gasteiger partial charge on any atom is -0.344 e. The van der Waals surface area contributed by atoms with E-state index in [1.165, 1.54) is 10.6 Å². The van der Waals surface area contributed by atoms with E-state index in [2.05, 4.69) is 20.9 Å². The van der Waals surface area contributed by atoms with E-state index in [0.29, 0.717) is 18.3 Å². The number of carbonyl (C=O) groups excluding carboxylic acids is 1. The molecule has 1 aliphatic carbocycles. The van der Waals surface area contributed by atoms with E-state index in [-0.39, 0.29) is 11.5 Å². The molecule has 1 N–H and O–H groups in total. The fraction of sp³-hybridized carbons (Fsp3) is 0.278. The molecule has 0 spiro atoms. The van der Waals surface area contributed by atoms with Crippen molar-refractivity contribution in [1.29, 1.82) is 0 Å². The molecule has 1 amide bonds. The van der Waals surface area contributed by atoms with Crippen LogP contribution < -0.4 is 10.9 Å². The lowest BCUT2D eigenvalue weighted by molar-refractivity contribution is 0.0940. The molecule has 122 valence electrons. The largest absolute Gasteiger partial charge is 0.344 e. The zero-order chi connectivity index (χ0) is 16.7. The number of aromatic nitrogens is 3. The third-order valence-electron chi connectivity index (χ3n) is 4.41. The van der Waals surface area contributed by atoms with Crippen LogP contribution in [0.2, 0.25) is 0 Å². The topological polar surface area (TPSA) is 68.9 Å². The van der Waals surface area contributed by atoms with E-state index in [0.717, 1.165) is 29.7 Å². The van der Waals surface area contributed by atoms with Gasteiger partial charge in [0.15, 0.2) is 0 Å². The lowest BCUT2D eigenvalue weighted by Crippen LogP contribution is -2.30. The Balaban J connectivity index is 1.61. The Morgan fingerprint density at radius 2 is 2.00 bits per heavy atom. The Morgan fingerprint density at radius 1 is 1.21 bits per heavy atom. The zero-order valence-electron chi connectivity index (χ0n) is 13.4. The number of para-hydroxylation sites is 2. The molecule has 0 saturated heterocycles. The summed E-state index contributed by atoms with van der Waals surface area (Å²) in [6.07, 6.45) is 2.29. The highest BCUT2D eigenvalue weighted by Gasteiger charge is 2.28. The van der Waals surface area contributed by atoms with Crippen LogP contribution >= 0.6 is 0 Å². The number of imidazole rings is 1. The highest BCUT2D eigenvalue weighted by molar-refractivity contribution is 5.92. The van der Waals surface area contributed by atoms with Gasteiger partial charge in [-0.2, -0.15) is 0 Å². The van der Waals surface area contributed by atoms with E-state index < -0.39 is 0 Å². The highest BCUT2D eigenvalue weighted by Crippen LogP contribution is 2.38. The average Bonchev–Trinajstić information content (AvgIpc) is 3.35. The van der Waals surface area contributed by atoms with Crippen molar-refractivity contribution in [2.45, 2.75) is 25.4 Å². The first kappa shape index (κ1) is 14.7. The van der Waals surface area contributed by atoms with Gasteiger partial charge < -0.3 is 14.5 Å². The maximum Gasteiger partial charge on any atom is 0.268 e. The van der Waals surface area contributed by atoms with Crippen LogP contribution in [-0.2, 0) is 13.6 Å². The predicted molar refractivity (Wildman–Crippen MR) is 90.9 cm³/mol. The van der Waals surface area contributed by atoms with E-state index >= 15 is 0 Å². The van der Waals surface area contributed by atoms with Gasteiger partial charge in [-0.15, -0.1) is 0 Å². The fourth-order valence-corrected chi connectivity index (χ4v) is 3.00. The number of amides is 1. The molecular formula is C18H18N4O2. The van der Waals surface area contributed by atoms with E-state index in [1.807, 2.05) is 18.2 Å². The maximum atomic E-state index is 12.4. The van der Waals surface area contributed by atoms with E-state index in [4.69, 9.17) is 0 Å². The van der Waals surface area contributed by atoms with Gasteiger partial charge in [-0.1, -0.05) is 18.2 Å². The van der Waals surface area contributed by atoms with Crippen molar-refractivity contribution < 1.29 is 4.79 Å². The van der Waals surface area contributed by atoms with E-state index in [9.17, 15) is 9.59 Å². The number of benzene rings is 1. The first-order chi connectivity index (χ1) is 11.6. The molecule has 1 saturated carbocycles. The van der Waals surface area contributed by atoms with Crippen LogP contribution in [-0.4, -0.2) is 20.0 Å². The lowest BCUT2D eigenvalue weighted by atomic mass is 10.3. The normalized spacial score (nSPS) is 14.0. The van der Waals surface area contributed by atoms with Crippen LogP contribution in [0.5, 0.6) is 0 Å². The molecule has 0 bridgehead atoms. The number of nitrogens with one attached hydrogen (secondary N) is 1. The van der Waals surface area contributed by atoms with Gasteiger partial charge in [-0.05, 0) is 31.0 Å². The molecule has 24 heavy (non-hydrogen) atoms. The molecule has 1 fully saturated rings. The summed E-state index contributed by atoms with van der Waals surface area (Å²) in [6, 6.07) is 13.2. The molecule has 2 aromatic heterocycles. The van der Waals surface area contributed by atoms with Gasteiger partial charge in [0, 0.05) is 19.2 Å². The molecule has 1 aliphatic rings. The van der Waals surface area contributed by atoms with Gasteiger partial charge in [-0.25, -0.2) is 4.98 Å². The quantitative estimate of drug-likeness (QED) is 0.799. The number of carbonyl (C=O) groups is 1. The summed E-state index contributed by atoms with van der Waals surface area (Å²) >= 11 is 0. The van der Waals surface area contributed by atoms with Gasteiger partial charge in [0.25, 0.3) is 11.5 Å². The molecular weight excluding hydrogens is 304 g/mol. The maximum absolute atomic E-state index is 12.4. The molecule has 2 heterocycles. The van der Waals surface area contributed by atoms with Crippen LogP contribution in [0, 0.1) is 0 Å². The lowest BCUT2D eigenvalue weighted by Gasteiger charge is -2.10. The number of rotatable bonds is 4. The number of fused-ring (bicyclic) bond motifs is 1. The van der Waals surface area contributed by atoms with Crippen LogP contribution in [0.1, 0.15) is 35.2 Å². The van der Waals surface area contributed by atoms with Crippen LogP contribution in [0.15, 0.2) is 47.3 Å². The minimum atomic E-state index is -0.274. The molecule has 0 radical (unpaired) electrons. The summed E-state index contributed by atoms with van der Waals surface area (Å²) in [7, 11) is 1.59. The Morgan fingerprint density at radius 3 is 2.79 bits per heavy atom. The Bertz CT molecular complexity index is 982. The molecule has 0 unspecified atom stereocenters. The van der Waals surface area contributed by atoms with Crippen molar-refractivity contribution in [3.05, 3.63) is 64.3 Å². The molecule has 0 aliphatic heterocycles. The van der Waals surface area contributed by atoms with Crippen molar-refractivity contribution in [2.75, 3.05) is 0 Å². The number of pyridine rings is 1.